The second kappa shape index (κ2) is 7.52. The molecule has 0 bridgehead atoms. The summed E-state index contributed by atoms with van der Waals surface area (Å²) in [6.07, 6.45) is 0. The lowest BCUT2D eigenvalue weighted by Gasteiger charge is -2.12. The number of ether oxygens (including phenoxy) is 1. The van der Waals surface area contributed by atoms with E-state index in [1.54, 1.807) is 7.11 Å². The summed E-state index contributed by atoms with van der Waals surface area (Å²) in [6.45, 7) is 11.4. The molecule has 0 radical (unpaired) electrons. The van der Waals surface area contributed by atoms with E-state index in [0.29, 0.717) is 11.5 Å². The van der Waals surface area contributed by atoms with Crippen molar-refractivity contribution in [2.45, 2.75) is 19.9 Å². The summed E-state index contributed by atoms with van der Waals surface area (Å²) in [7, 11) is 1.59. The van der Waals surface area contributed by atoms with E-state index in [4.69, 9.17) is 16.2 Å². The van der Waals surface area contributed by atoms with E-state index in [2.05, 4.69) is 13.2 Å². The summed E-state index contributed by atoms with van der Waals surface area (Å²) < 4.78 is 5.02. The molecule has 0 saturated heterocycles. The molecule has 0 aliphatic heterocycles. The van der Waals surface area contributed by atoms with Crippen LogP contribution in [0, 0.1) is 0 Å². The molecule has 0 unspecified atom stereocenters. The van der Waals surface area contributed by atoms with Gasteiger partial charge in [0.15, 0.2) is 0 Å². The van der Waals surface area contributed by atoms with Gasteiger partial charge in [0, 0.05) is 12.7 Å². The average Bonchev–Trinajstić information content (AvgIpc) is 2.39. The van der Waals surface area contributed by atoms with Crippen molar-refractivity contribution >= 4 is 5.76 Å². The normalized spacial score (nSPS) is 10.8. The number of methoxy groups -OCH3 is 1. The first-order valence-corrected chi connectivity index (χ1v) is 5.59. The molecule has 3 nitrogen and oxygen atoms in total. The van der Waals surface area contributed by atoms with Gasteiger partial charge in [-0.15, -0.1) is 0 Å². The van der Waals surface area contributed by atoms with Crippen LogP contribution in [0.3, 0.4) is 0 Å². The van der Waals surface area contributed by atoms with Gasteiger partial charge >= 0.3 is 0 Å². The minimum atomic E-state index is -0.324. The van der Waals surface area contributed by atoms with Crippen LogP contribution in [-0.4, -0.2) is 7.11 Å². The van der Waals surface area contributed by atoms with Gasteiger partial charge in [0.25, 0.3) is 0 Å². The smallest absolute Gasteiger partial charge is 0.118 e. The highest BCUT2D eigenvalue weighted by molar-refractivity contribution is 5.57. The summed E-state index contributed by atoms with van der Waals surface area (Å²) in [6, 6.07) is 7.24. The Bertz CT molecular complexity index is 374. The van der Waals surface area contributed by atoms with E-state index in [9.17, 15) is 0 Å². The molecular weight excluding hydrogens is 212 g/mol. The van der Waals surface area contributed by atoms with Crippen molar-refractivity contribution in [3.63, 3.8) is 0 Å². The molecule has 0 aliphatic carbocycles. The van der Waals surface area contributed by atoms with Crippen LogP contribution in [0.2, 0.25) is 0 Å². The predicted molar refractivity (Wildman–Crippen MR) is 76.2 cm³/mol. The molecule has 0 aromatic heterocycles. The van der Waals surface area contributed by atoms with Gasteiger partial charge in [-0.25, -0.2) is 0 Å². The third-order valence-corrected chi connectivity index (χ3v) is 2.24. The predicted octanol–water partition coefficient (Wildman–Crippen LogP) is 3.05. The monoisotopic (exact) mass is 236 g/mol. The lowest BCUT2D eigenvalue weighted by atomic mass is 10.0. The van der Waals surface area contributed by atoms with Crippen LogP contribution < -0.4 is 11.5 Å². The Morgan fingerprint density at radius 1 is 1.24 bits per heavy atom. The van der Waals surface area contributed by atoms with Gasteiger partial charge in [-0.05, 0) is 5.56 Å². The summed E-state index contributed by atoms with van der Waals surface area (Å²) in [5, 5.41) is 0. The molecule has 3 heteroatoms. The van der Waals surface area contributed by atoms with Crippen LogP contribution in [0.15, 0.2) is 43.1 Å². The minimum Gasteiger partial charge on any atom is -0.497 e. The van der Waals surface area contributed by atoms with E-state index >= 15 is 0 Å². The van der Waals surface area contributed by atoms with E-state index in [0.717, 1.165) is 11.1 Å². The summed E-state index contributed by atoms with van der Waals surface area (Å²) in [5.41, 5.74) is 13.7. The quantitative estimate of drug-likeness (QED) is 0.790. The largest absolute Gasteiger partial charge is 0.497 e. The van der Waals surface area contributed by atoms with Gasteiger partial charge in [-0.1, -0.05) is 51.3 Å². The van der Waals surface area contributed by atoms with Crippen LogP contribution in [0.25, 0.3) is 5.76 Å². The van der Waals surface area contributed by atoms with E-state index in [1.807, 2.05) is 38.1 Å². The average molecular weight is 236 g/mol. The van der Waals surface area contributed by atoms with E-state index in [1.165, 1.54) is 0 Å². The minimum absolute atomic E-state index is 0. The van der Waals surface area contributed by atoms with Crippen molar-refractivity contribution in [1.29, 1.82) is 0 Å². The van der Waals surface area contributed by atoms with Crippen LogP contribution in [0.4, 0.5) is 0 Å². The Morgan fingerprint density at radius 3 is 2.06 bits per heavy atom. The fourth-order valence-corrected chi connectivity index (χ4v) is 1.21. The van der Waals surface area contributed by atoms with Crippen LogP contribution >= 0.6 is 0 Å². The molecule has 17 heavy (non-hydrogen) atoms. The third-order valence-electron chi connectivity index (χ3n) is 2.24. The number of benzene rings is 1. The molecule has 4 N–H and O–H groups in total. The van der Waals surface area contributed by atoms with Gasteiger partial charge in [0.1, 0.15) is 5.76 Å². The Hall–Kier alpha value is -1.74. The highest BCUT2D eigenvalue weighted by Gasteiger charge is 2.07. The molecule has 0 amide bonds. The zero-order valence-electron chi connectivity index (χ0n) is 10.9. The lowest BCUT2D eigenvalue weighted by Crippen LogP contribution is -2.17. The van der Waals surface area contributed by atoms with Crippen molar-refractivity contribution in [3.8, 4) is 0 Å². The van der Waals surface area contributed by atoms with Crippen molar-refractivity contribution in [3.05, 3.63) is 54.2 Å². The van der Waals surface area contributed by atoms with Crippen LogP contribution in [0.5, 0.6) is 0 Å². The number of hydrogen-bond acceptors (Lipinski definition) is 3. The summed E-state index contributed by atoms with van der Waals surface area (Å²) >= 11 is 0. The molecule has 0 saturated carbocycles. The van der Waals surface area contributed by atoms with Gasteiger partial charge in [0.2, 0.25) is 0 Å². The molecule has 1 aromatic rings. The highest BCUT2D eigenvalue weighted by atomic mass is 16.5. The number of nitrogens with two attached hydrogens (primary N) is 2. The Morgan fingerprint density at radius 2 is 1.71 bits per heavy atom. The number of rotatable bonds is 4. The maximum atomic E-state index is 5.82. The Kier molecular flexibility index (Phi) is 6.75. The van der Waals surface area contributed by atoms with E-state index < -0.39 is 0 Å². The molecule has 1 atom stereocenters. The molecule has 1 rings (SSSR count). The Labute approximate surface area is 105 Å². The molecule has 0 aliphatic rings. The van der Waals surface area contributed by atoms with Crippen molar-refractivity contribution in [1.82, 2.24) is 0 Å². The van der Waals surface area contributed by atoms with Crippen molar-refractivity contribution < 1.29 is 6.16 Å². The zero-order valence-corrected chi connectivity index (χ0v) is 10.9. The number of hydrogen-bond donors (Lipinski definition) is 2. The van der Waals surface area contributed by atoms with Gasteiger partial charge in [0.05, 0.1) is 13.2 Å². The SMILES string of the molecule is C=C(OC)c1ccc([C@@H](N)C(=C)N)cc1.CC.[HH]. The maximum absolute atomic E-state index is 5.82. The van der Waals surface area contributed by atoms with Gasteiger partial charge in [-0.3, -0.25) is 0 Å². The highest BCUT2D eigenvalue weighted by Crippen LogP contribution is 2.18. The molecular formula is C14H24N2O. The molecule has 96 valence electrons. The summed E-state index contributed by atoms with van der Waals surface area (Å²) in [5.74, 6) is 0.627. The fourth-order valence-electron chi connectivity index (χ4n) is 1.21. The van der Waals surface area contributed by atoms with Crippen molar-refractivity contribution in [2.24, 2.45) is 11.5 Å². The lowest BCUT2D eigenvalue weighted by molar-refractivity contribution is 0.371. The molecule has 1 aromatic carbocycles. The first kappa shape index (κ1) is 15.3. The topological polar surface area (TPSA) is 61.3 Å². The maximum Gasteiger partial charge on any atom is 0.118 e. The van der Waals surface area contributed by atoms with E-state index in [-0.39, 0.29) is 7.47 Å². The van der Waals surface area contributed by atoms with Gasteiger partial charge < -0.3 is 16.2 Å². The second-order valence-electron chi connectivity index (χ2n) is 3.30. The standard InChI is InChI=1S/C12H16N2O.C2H6.H2/c1-8(13)12(14)11-6-4-10(5-7-11)9(2)15-3;1-2;/h4-7,12H,1-2,13-14H2,3H3;1-2H3;1H/t12-;;/m0../s1. The van der Waals surface area contributed by atoms with Crippen LogP contribution in [0.1, 0.15) is 32.4 Å². The Balaban J connectivity index is 0. The second-order valence-corrected chi connectivity index (χ2v) is 3.30. The fraction of sp³-hybridized carbons (Fsp3) is 0.286. The summed E-state index contributed by atoms with van der Waals surface area (Å²) in [4.78, 5) is 0. The molecule has 0 spiro atoms. The first-order valence-electron chi connectivity index (χ1n) is 5.59. The third kappa shape index (κ3) is 4.33. The van der Waals surface area contributed by atoms with Crippen LogP contribution in [-0.2, 0) is 4.74 Å². The molecule has 0 fully saturated rings. The zero-order chi connectivity index (χ0) is 13.4. The first-order chi connectivity index (χ1) is 8.06. The van der Waals surface area contributed by atoms with Crippen molar-refractivity contribution in [2.75, 3.05) is 7.11 Å². The molecule has 0 heterocycles. The van der Waals surface area contributed by atoms with Gasteiger partial charge in [-0.2, -0.15) is 0 Å².